The number of piperidine rings is 3. The zero-order valence-corrected chi connectivity index (χ0v) is 31.0. The number of hydrogen-bond donors (Lipinski definition) is 2. The first-order valence-electron chi connectivity index (χ1n) is 18.6. The Hall–Kier alpha value is -3.78. The van der Waals surface area contributed by atoms with Crippen molar-refractivity contribution in [3.63, 3.8) is 0 Å². The topological polar surface area (TPSA) is 140 Å². The maximum atomic E-state index is 14.1. The van der Waals surface area contributed by atoms with Crippen molar-refractivity contribution in [2.45, 2.75) is 77.4 Å². The van der Waals surface area contributed by atoms with Crippen LogP contribution in [-0.2, 0) is 32.4 Å². The molecule has 4 aliphatic rings. The van der Waals surface area contributed by atoms with Crippen molar-refractivity contribution >= 4 is 47.1 Å². The maximum Gasteiger partial charge on any atom is 0.410 e. The van der Waals surface area contributed by atoms with E-state index < -0.39 is 22.2 Å². The third kappa shape index (κ3) is 8.48. The number of urea groups is 1. The Bertz CT molecular complexity index is 1680. The van der Waals surface area contributed by atoms with Crippen LogP contribution < -0.4 is 10.8 Å². The molecule has 3 fully saturated rings. The van der Waals surface area contributed by atoms with Gasteiger partial charge in [-0.2, -0.15) is 0 Å². The van der Waals surface area contributed by atoms with Crippen molar-refractivity contribution in [3.8, 4) is 5.75 Å². The number of aromatic hydroxyl groups is 1. The van der Waals surface area contributed by atoms with Crippen LogP contribution in [0.15, 0.2) is 36.4 Å². The van der Waals surface area contributed by atoms with Crippen LogP contribution in [0.3, 0.4) is 0 Å². The standard InChI is InChI=1S/C37H52BN5O7S/c1-3-51(48,49)42-19-10-28(11-20-42)27-8-15-40(16-9-27)35(45)33(24-26-22-25(2)34(44)31(38)23-26)50-37(47)41-17-13-30(14-18-41)43-21-12-29-6-4-5-7-32(29)39-36(43)46/h4-7,22-23,27-28,30,33,44H,3,8-21,24,38H2,1-2H3,(H,39,46)/t33-/m1/s1. The number of anilines is 1. The summed E-state index contributed by atoms with van der Waals surface area (Å²) in [5.74, 6) is 0.971. The minimum Gasteiger partial charge on any atom is -0.508 e. The Morgan fingerprint density at radius 2 is 1.57 bits per heavy atom. The first kappa shape index (κ1) is 37.0. The van der Waals surface area contributed by atoms with E-state index in [1.807, 2.05) is 61.0 Å². The van der Waals surface area contributed by atoms with Crippen LogP contribution in [0.2, 0.25) is 0 Å². The van der Waals surface area contributed by atoms with Gasteiger partial charge in [0.05, 0.1) is 5.75 Å². The molecule has 4 heterocycles. The molecule has 6 rings (SSSR count). The second-order valence-corrected chi connectivity index (χ2v) is 17.0. The fraction of sp³-hybridized carbons (Fsp3) is 0.595. The largest absolute Gasteiger partial charge is 0.508 e. The van der Waals surface area contributed by atoms with Crippen molar-refractivity contribution in [3.05, 3.63) is 53.1 Å². The predicted octanol–water partition coefficient (Wildman–Crippen LogP) is 2.86. The number of hydrogen-bond acceptors (Lipinski definition) is 7. The number of nitrogens with one attached hydrogen (secondary N) is 1. The number of fused-ring (bicyclic) bond motifs is 1. The molecule has 3 saturated heterocycles. The van der Waals surface area contributed by atoms with E-state index in [2.05, 4.69) is 5.32 Å². The van der Waals surface area contributed by atoms with Gasteiger partial charge in [-0.15, -0.1) is 0 Å². The van der Waals surface area contributed by atoms with Crippen LogP contribution in [0, 0.1) is 18.8 Å². The predicted molar refractivity (Wildman–Crippen MR) is 199 cm³/mol. The Labute approximate surface area is 302 Å². The molecule has 0 radical (unpaired) electrons. The Morgan fingerprint density at radius 1 is 0.941 bits per heavy atom. The lowest BCUT2D eigenvalue weighted by Crippen LogP contribution is -2.52. The number of sulfonamides is 1. The Kier molecular flexibility index (Phi) is 11.5. The fourth-order valence-corrected chi connectivity index (χ4v) is 9.59. The molecule has 2 aromatic rings. The summed E-state index contributed by atoms with van der Waals surface area (Å²) in [5, 5.41) is 13.4. The summed E-state index contributed by atoms with van der Waals surface area (Å²) in [5.41, 5.74) is 4.16. The number of para-hydroxylation sites is 1. The van der Waals surface area contributed by atoms with E-state index in [1.54, 1.807) is 16.1 Å². The molecule has 4 aliphatic heterocycles. The molecule has 0 spiro atoms. The number of amides is 4. The normalized spacial score (nSPS) is 20.7. The maximum absolute atomic E-state index is 14.1. The lowest BCUT2D eigenvalue weighted by atomic mass is 9.79. The second-order valence-electron chi connectivity index (χ2n) is 14.7. The van der Waals surface area contributed by atoms with E-state index in [0.717, 1.165) is 48.9 Å². The molecule has 0 saturated carbocycles. The number of phenolic OH excluding ortho intramolecular Hbond substituents is 1. The summed E-state index contributed by atoms with van der Waals surface area (Å²) >= 11 is 0. The zero-order chi connectivity index (χ0) is 36.3. The smallest absolute Gasteiger partial charge is 0.410 e. The van der Waals surface area contributed by atoms with E-state index in [0.29, 0.717) is 81.5 Å². The average Bonchev–Trinajstić information content (AvgIpc) is 3.31. The van der Waals surface area contributed by atoms with E-state index in [9.17, 15) is 27.9 Å². The van der Waals surface area contributed by atoms with Crippen molar-refractivity contribution in [1.82, 2.24) is 19.0 Å². The molecule has 4 amide bonds. The molecular formula is C37H52BN5O7S. The highest BCUT2D eigenvalue weighted by molar-refractivity contribution is 7.89. The van der Waals surface area contributed by atoms with Gasteiger partial charge in [-0.3, -0.25) is 4.79 Å². The lowest BCUT2D eigenvalue weighted by Gasteiger charge is -2.40. The van der Waals surface area contributed by atoms with Crippen LogP contribution in [0.5, 0.6) is 5.75 Å². The van der Waals surface area contributed by atoms with Gasteiger partial charge in [-0.25, -0.2) is 22.3 Å². The summed E-state index contributed by atoms with van der Waals surface area (Å²) in [6.45, 7) is 7.18. The highest BCUT2D eigenvalue weighted by Crippen LogP contribution is 2.34. The number of phenols is 1. The third-order valence-electron chi connectivity index (χ3n) is 11.6. The SMILES string of the molecule is Bc1cc(C[C@@H](OC(=O)N2CCC(N3CCc4ccccc4NC3=O)CC2)C(=O)N2CCC(C3CCN(S(=O)(=O)CC)CC3)CC2)cc(C)c1O. The average molecular weight is 722 g/mol. The number of benzene rings is 2. The summed E-state index contributed by atoms with van der Waals surface area (Å²) in [6.07, 6.45) is 3.97. The molecule has 2 N–H and O–H groups in total. The third-order valence-corrected chi connectivity index (χ3v) is 13.5. The van der Waals surface area contributed by atoms with Crippen molar-refractivity contribution < 1.29 is 32.6 Å². The van der Waals surface area contributed by atoms with Crippen LogP contribution in [0.25, 0.3) is 0 Å². The zero-order valence-electron chi connectivity index (χ0n) is 30.2. The van der Waals surface area contributed by atoms with Crippen molar-refractivity contribution in [2.24, 2.45) is 11.8 Å². The molecule has 0 bridgehead atoms. The number of carbonyl (C=O) groups excluding carboxylic acids is 3. The van der Waals surface area contributed by atoms with Crippen molar-refractivity contribution in [1.29, 1.82) is 0 Å². The number of nitrogens with zero attached hydrogens (tertiary/aromatic N) is 4. The Morgan fingerprint density at radius 3 is 2.22 bits per heavy atom. The summed E-state index contributed by atoms with van der Waals surface area (Å²) in [6, 6.07) is 11.4. The van der Waals surface area contributed by atoms with Gasteiger partial charge in [0.1, 0.15) is 13.6 Å². The number of ether oxygens (including phenoxy) is 1. The number of aryl methyl sites for hydroxylation is 1. The van der Waals surface area contributed by atoms with Gasteiger partial charge in [0, 0.05) is 64.0 Å². The second kappa shape index (κ2) is 15.9. The number of likely N-dealkylation sites (tertiary alicyclic amines) is 2. The molecule has 14 heteroatoms. The molecule has 0 unspecified atom stereocenters. The van der Waals surface area contributed by atoms with E-state index in [-0.39, 0.29) is 35.9 Å². The van der Waals surface area contributed by atoms with E-state index >= 15 is 0 Å². The first-order chi connectivity index (χ1) is 24.4. The van der Waals surface area contributed by atoms with Crippen LogP contribution in [-0.4, -0.2) is 122 Å². The van der Waals surface area contributed by atoms with Crippen LogP contribution in [0.1, 0.15) is 62.1 Å². The molecule has 51 heavy (non-hydrogen) atoms. The quantitative estimate of drug-likeness (QED) is 0.400. The highest BCUT2D eigenvalue weighted by atomic mass is 32.2. The van der Waals surface area contributed by atoms with Crippen LogP contribution in [0.4, 0.5) is 15.3 Å². The molecule has 0 aromatic heterocycles. The molecule has 2 aromatic carbocycles. The molecule has 276 valence electrons. The van der Waals surface area contributed by atoms with Gasteiger partial charge < -0.3 is 29.9 Å². The highest BCUT2D eigenvalue weighted by Gasteiger charge is 2.38. The van der Waals surface area contributed by atoms with Gasteiger partial charge in [-0.05, 0) is 98.8 Å². The van der Waals surface area contributed by atoms with E-state index in [4.69, 9.17) is 4.74 Å². The molecular weight excluding hydrogens is 669 g/mol. The summed E-state index contributed by atoms with van der Waals surface area (Å²) in [7, 11) is -1.36. The minimum atomic E-state index is -3.17. The van der Waals surface area contributed by atoms with Crippen LogP contribution >= 0.6 is 0 Å². The first-order valence-corrected chi connectivity index (χ1v) is 20.2. The molecule has 0 aliphatic carbocycles. The summed E-state index contributed by atoms with van der Waals surface area (Å²) < 4.78 is 32.3. The summed E-state index contributed by atoms with van der Waals surface area (Å²) in [4.78, 5) is 46.2. The number of rotatable bonds is 8. The molecule has 1 atom stereocenters. The van der Waals surface area contributed by atoms with E-state index in [1.165, 1.54) is 0 Å². The van der Waals surface area contributed by atoms with Gasteiger partial charge in [-0.1, -0.05) is 30.3 Å². The monoisotopic (exact) mass is 721 g/mol. The lowest BCUT2D eigenvalue weighted by molar-refractivity contribution is -0.142. The van der Waals surface area contributed by atoms with Crippen molar-refractivity contribution in [2.75, 3.05) is 56.9 Å². The van der Waals surface area contributed by atoms with Gasteiger partial charge >= 0.3 is 12.1 Å². The number of carbonyl (C=O) groups is 3. The fourth-order valence-electron chi connectivity index (χ4n) is 8.45. The van der Waals surface area contributed by atoms with Gasteiger partial charge in [0.2, 0.25) is 10.0 Å². The minimum absolute atomic E-state index is 0.00619. The molecule has 12 nitrogen and oxygen atoms in total. The van der Waals surface area contributed by atoms with Gasteiger partial charge in [0.25, 0.3) is 5.91 Å². The Balaban J connectivity index is 1.07. The van der Waals surface area contributed by atoms with Gasteiger partial charge in [0.15, 0.2) is 6.10 Å².